The predicted molar refractivity (Wildman–Crippen MR) is 123 cm³/mol. The normalized spacial score (nSPS) is 17.5. The van der Waals surface area contributed by atoms with Crippen molar-refractivity contribution < 1.29 is 14.3 Å². The van der Waals surface area contributed by atoms with Gasteiger partial charge in [0.2, 0.25) is 11.8 Å². The number of carbonyl (C=O) groups is 2. The number of amidine groups is 1. The number of nitrogens with one attached hydrogen (secondary N) is 1. The Kier molecular flexibility index (Phi) is 7.15. The van der Waals surface area contributed by atoms with Crippen LogP contribution in [0.2, 0.25) is 0 Å². The average Bonchev–Trinajstić information content (AvgIpc) is 3.01. The summed E-state index contributed by atoms with van der Waals surface area (Å²) in [5, 5.41) is 3.02. The largest absolute Gasteiger partial charge is 0.495 e. The first kappa shape index (κ1) is 21.9. The second-order valence-corrected chi connectivity index (χ2v) is 8.33. The van der Waals surface area contributed by atoms with Crippen LogP contribution in [0.15, 0.2) is 47.5 Å². The molecule has 0 radical (unpaired) electrons. The zero-order valence-corrected chi connectivity index (χ0v) is 18.6. The van der Waals surface area contributed by atoms with E-state index in [9.17, 15) is 9.59 Å². The summed E-state index contributed by atoms with van der Waals surface area (Å²) < 4.78 is 5.28. The molecule has 1 N–H and O–H groups in total. The van der Waals surface area contributed by atoms with E-state index >= 15 is 0 Å². The van der Waals surface area contributed by atoms with E-state index < -0.39 is 5.25 Å². The smallest absolute Gasteiger partial charge is 0.242 e. The molecule has 1 atom stereocenters. The van der Waals surface area contributed by atoms with E-state index in [0.29, 0.717) is 23.1 Å². The van der Waals surface area contributed by atoms with Crippen LogP contribution < -0.4 is 10.1 Å². The molecule has 1 saturated heterocycles. The third-order valence-corrected chi connectivity index (χ3v) is 6.19. The van der Waals surface area contributed by atoms with Gasteiger partial charge in [-0.3, -0.25) is 14.5 Å². The molecule has 1 heterocycles. The number of para-hydroxylation sites is 2. The molecule has 1 aliphatic rings. The van der Waals surface area contributed by atoms with Crippen LogP contribution >= 0.6 is 11.8 Å². The third kappa shape index (κ3) is 4.84. The summed E-state index contributed by atoms with van der Waals surface area (Å²) in [7, 11) is 1.56. The van der Waals surface area contributed by atoms with Crippen molar-refractivity contribution in [3.05, 3.63) is 53.6 Å². The number of aliphatic imine (C=N–C) groups is 1. The molecule has 3 rings (SSSR count). The zero-order valence-electron chi connectivity index (χ0n) is 17.8. The molecule has 2 aromatic rings. The summed E-state index contributed by atoms with van der Waals surface area (Å²) in [5.41, 5.74) is 3.69. The summed E-state index contributed by atoms with van der Waals surface area (Å²) in [5.74, 6) is 0.289. The summed E-state index contributed by atoms with van der Waals surface area (Å²) >= 11 is 1.36. The monoisotopic (exact) mass is 425 g/mol. The number of methoxy groups -OCH3 is 1. The van der Waals surface area contributed by atoms with Crippen molar-refractivity contribution in [1.29, 1.82) is 0 Å². The lowest BCUT2D eigenvalue weighted by Crippen LogP contribution is -2.34. The Morgan fingerprint density at radius 3 is 2.70 bits per heavy atom. The average molecular weight is 426 g/mol. The van der Waals surface area contributed by atoms with Crippen LogP contribution in [0, 0.1) is 13.8 Å². The molecule has 0 aromatic heterocycles. The van der Waals surface area contributed by atoms with Gasteiger partial charge in [0.05, 0.1) is 18.5 Å². The van der Waals surface area contributed by atoms with E-state index in [2.05, 4.69) is 5.32 Å². The van der Waals surface area contributed by atoms with Crippen LogP contribution in [0.1, 0.15) is 30.9 Å². The Labute approximate surface area is 181 Å². The molecular formula is C23H27N3O3S. The Morgan fingerprint density at radius 1 is 1.20 bits per heavy atom. The first-order valence-electron chi connectivity index (χ1n) is 10.0. The van der Waals surface area contributed by atoms with Crippen LogP contribution in [0.3, 0.4) is 0 Å². The fourth-order valence-corrected chi connectivity index (χ4v) is 4.41. The van der Waals surface area contributed by atoms with Crippen molar-refractivity contribution in [3.63, 3.8) is 0 Å². The lowest BCUT2D eigenvalue weighted by atomic mass is 10.1. The van der Waals surface area contributed by atoms with Crippen molar-refractivity contribution in [2.45, 2.75) is 38.9 Å². The molecule has 158 valence electrons. The lowest BCUT2D eigenvalue weighted by Gasteiger charge is -2.15. The van der Waals surface area contributed by atoms with Crippen molar-refractivity contribution in [3.8, 4) is 5.75 Å². The summed E-state index contributed by atoms with van der Waals surface area (Å²) in [6.07, 6.45) is 0.895. The molecular weight excluding hydrogens is 398 g/mol. The summed E-state index contributed by atoms with van der Waals surface area (Å²) in [4.78, 5) is 32.1. The van der Waals surface area contributed by atoms with Gasteiger partial charge < -0.3 is 10.1 Å². The Morgan fingerprint density at radius 2 is 1.97 bits per heavy atom. The molecule has 0 saturated carbocycles. The lowest BCUT2D eigenvalue weighted by molar-refractivity contribution is -0.128. The first-order valence-corrected chi connectivity index (χ1v) is 10.9. The number of thioether (sulfide) groups is 1. The van der Waals surface area contributed by atoms with E-state index in [1.165, 1.54) is 11.8 Å². The van der Waals surface area contributed by atoms with Crippen molar-refractivity contribution in [1.82, 2.24) is 4.90 Å². The van der Waals surface area contributed by atoms with E-state index in [4.69, 9.17) is 9.73 Å². The standard InChI is InChI=1S/C23H27N3O3S/c1-5-13-26-22(28)20(14-21(27)24-18-10-6-7-12-19(18)29-4)30-23(26)25-17-11-8-9-15(2)16(17)3/h6-12,20H,5,13-14H2,1-4H3,(H,24,27)/t20-/m0/s1. The van der Waals surface area contributed by atoms with Crippen LogP contribution in [-0.4, -0.2) is 40.8 Å². The number of hydrogen-bond acceptors (Lipinski definition) is 5. The molecule has 2 amide bonds. The first-order chi connectivity index (χ1) is 14.4. The predicted octanol–water partition coefficient (Wildman–Crippen LogP) is 4.68. The fourth-order valence-electron chi connectivity index (χ4n) is 3.23. The number of nitrogens with zero attached hydrogens (tertiary/aromatic N) is 2. The van der Waals surface area contributed by atoms with Gasteiger partial charge in [0.1, 0.15) is 11.0 Å². The maximum atomic E-state index is 13.0. The van der Waals surface area contributed by atoms with E-state index in [1.54, 1.807) is 24.1 Å². The molecule has 0 aliphatic carbocycles. The number of hydrogen-bond donors (Lipinski definition) is 1. The molecule has 1 fully saturated rings. The van der Waals surface area contributed by atoms with Gasteiger partial charge in [-0.25, -0.2) is 4.99 Å². The number of anilines is 1. The van der Waals surface area contributed by atoms with Gasteiger partial charge in [-0.2, -0.15) is 0 Å². The van der Waals surface area contributed by atoms with E-state index in [-0.39, 0.29) is 18.2 Å². The number of benzene rings is 2. The van der Waals surface area contributed by atoms with Crippen LogP contribution in [-0.2, 0) is 9.59 Å². The second kappa shape index (κ2) is 9.80. The highest BCUT2D eigenvalue weighted by atomic mass is 32.2. The maximum absolute atomic E-state index is 13.0. The van der Waals surface area contributed by atoms with Crippen molar-refractivity contribution >= 4 is 40.1 Å². The molecule has 0 spiro atoms. The molecule has 7 heteroatoms. The zero-order chi connectivity index (χ0) is 21.7. The Bertz CT molecular complexity index is 974. The highest BCUT2D eigenvalue weighted by molar-refractivity contribution is 8.15. The molecule has 6 nitrogen and oxygen atoms in total. The Hall–Kier alpha value is -2.80. The minimum atomic E-state index is -0.491. The second-order valence-electron chi connectivity index (χ2n) is 7.16. The van der Waals surface area contributed by atoms with Crippen molar-refractivity contribution in [2.24, 2.45) is 4.99 Å². The van der Waals surface area contributed by atoms with Crippen LogP contribution in [0.25, 0.3) is 0 Å². The SMILES string of the molecule is CCCN1C(=O)[C@H](CC(=O)Nc2ccccc2OC)SC1=Nc1cccc(C)c1C. The van der Waals surface area contributed by atoms with Crippen molar-refractivity contribution in [2.75, 3.05) is 19.0 Å². The van der Waals surface area contributed by atoms with Crippen LogP contribution in [0.4, 0.5) is 11.4 Å². The Balaban J connectivity index is 1.78. The maximum Gasteiger partial charge on any atom is 0.242 e. The van der Waals surface area contributed by atoms with E-state index in [0.717, 1.165) is 23.2 Å². The van der Waals surface area contributed by atoms with Gasteiger partial charge in [-0.15, -0.1) is 0 Å². The van der Waals surface area contributed by atoms with Gasteiger partial charge in [-0.1, -0.05) is 43.0 Å². The topological polar surface area (TPSA) is 71.0 Å². The van der Waals surface area contributed by atoms with Gasteiger partial charge in [0, 0.05) is 13.0 Å². The number of amides is 2. The van der Waals surface area contributed by atoms with Gasteiger partial charge in [0.25, 0.3) is 0 Å². The molecule has 1 aliphatic heterocycles. The van der Waals surface area contributed by atoms with Crippen LogP contribution in [0.5, 0.6) is 5.75 Å². The number of carbonyl (C=O) groups excluding carboxylic acids is 2. The summed E-state index contributed by atoms with van der Waals surface area (Å²) in [6, 6.07) is 13.2. The van der Waals surface area contributed by atoms with Gasteiger partial charge in [-0.05, 0) is 49.6 Å². The third-order valence-electron chi connectivity index (χ3n) is 5.01. The van der Waals surface area contributed by atoms with E-state index in [1.807, 2.05) is 51.1 Å². The molecule has 2 aromatic carbocycles. The number of ether oxygens (including phenoxy) is 1. The van der Waals surface area contributed by atoms with Gasteiger partial charge >= 0.3 is 0 Å². The number of aryl methyl sites for hydroxylation is 1. The summed E-state index contributed by atoms with van der Waals surface area (Å²) in [6.45, 7) is 6.68. The molecule has 0 unspecified atom stereocenters. The molecule has 0 bridgehead atoms. The minimum Gasteiger partial charge on any atom is -0.495 e. The minimum absolute atomic E-state index is 0.0684. The number of rotatable bonds is 7. The van der Waals surface area contributed by atoms with Gasteiger partial charge in [0.15, 0.2) is 5.17 Å². The highest BCUT2D eigenvalue weighted by Gasteiger charge is 2.38. The fraction of sp³-hybridized carbons (Fsp3) is 0.348. The molecule has 30 heavy (non-hydrogen) atoms. The quantitative estimate of drug-likeness (QED) is 0.699. The highest BCUT2D eigenvalue weighted by Crippen LogP contribution is 2.33.